The zero-order valence-corrected chi connectivity index (χ0v) is 12.5. The van der Waals surface area contributed by atoms with Crippen molar-refractivity contribution in [1.29, 1.82) is 0 Å². The van der Waals surface area contributed by atoms with Gasteiger partial charge in [0.25, 0.3) is 5.24 Å². The largest absolute Gasteiger partial charge is 1.00 e. The molecule has 5 nitrogen and oxygen atoms in total. The van der Waals surface area contributed by atoms with Gasteiger partial charge in [-0.15, -0.1) is 0 Å². The number of rotatable bonds is 2. The molecule has 1 amide bonds. The fourth-order valence-corrected chi connectivity index (χ4v) is 0.740. The molecule has 0 aliphatic rings. The minimum Gasteiger partial charge on any atom is -0.852 e. The van der Waals surface area contributed by atoms with Gasteiger partial charge in [-0.25, -0.2) is 0 Å². The molecule has 0 rings (SSSR count). The maximum Gasteiger partial charge on any atom is 1.00 e. The standard InChI is InChI=1S/C5H11NOS.CH3NOS.H3N.Na/c1-3-6(4-2)5(7)8;2-1(3)4;;/h3-4H2,1-2H3,(H,7,8);(H3,2,3,4);1H3;/q;;;+1/p-1. The van der Waals surface area contributed by atoms with E-state index in [-0.39, 0.29) is 40.9 Å². The zero-order valence-electron chi connectivity index (χ0n) is 8.82. The van der Waals surface area contributed by atoms with E-state index in [4.69, 9.17) is 4.79 Å². The van der Waals surface area contributed by atoms with Gasteiger partial charge in [0.2, 0.25) is 0 Å². The Kier molecular flexibility index (Phi) is 27.2. The molecule has 0 saturated carbocycles. The second-order valence-corrected chi connectivity index (χ2v) is 2.57. The summed E-state index contributed by atoms with van der Waals surface area (Å²) in [5.74, 6) is 0. The van der Waals surface area contributed by atoms with Crippen molar-refractivity contribution in [3.63, 3.8) is 0 Å². The third kappa shape index (κ3) is 22.9. The molecule has 0 radical (unpaired) electrons. The van der Waals surface area contributed by atoms with E-state index in [9.17, 15) is 5.11 Å². The molecular weight excluding hydrogens is 233 g/mol. The van der Waals surface area contributed by atoms with Crippen LogP contribution >= 0.6 is 24.8 Å². The van der Waals surface area contributed by atoms with Crippen molar-refractivity contribution in [3.05, 3.63) is 0 Å². The van der Waals surface area contributed by atoms with Gasteiger partial charge in [0.15, 0.2) is 0 Å². The maximum atomic E-state index is 10.3. The van der Waals surface area contributed by atoms with E-state index in [0.29, 0.717) is 0 Å². The second-order valence-electron chi connectivity index (χ2n) is 1.78. The van der Waals surface area contributed by atoms with Gasteiger partial charge in [-0.2, -0.15) is 0 Å². The zero-order chi connectivity index (χ0) is 10.1. The molecule has 80 valence electrons. The average Bonchev–Trinajstić information content (AvgIpc) is 1.87. The van der Waals surface area contributed by atoms with Gasteiger partial charge in [-0.3, -0.25) is 4.79 Å². The van der Waals surface area contributed by atoms with E-state index >= 15 is 0 Å². The molecule has 0 aromatic carbocycles. The van der Waals surface area contributed by atoms with E-state index in [2.05, 4.69) is 30.6 Å². The van der Waals surface area contributed by atoms with E-state index in [1.165, 1.54) is 0 Å². The van der Waals surface area contributed by atoms with Crippen molar-refractivity contribution in [1.82, 2.24) is 11.1 Å². The summed E-state index contributed by atoms with van der Waals surface area (Å²) in [6.07, 6.45) is 0. The SMILES string of the molecule is CCN(CC)C([O-])=S.N.NC(=O)S.[Na+]. The Morgan fingerprint density at radius 3 is 1.71 bits per heavy atom. The summed E-state index contributed by atoms with van der Waals surface area (Å²) in [7, 11) is 0. The monoisotopic (exact) mass is 249 g/mol. The van der Waals surface area contributed by atoms with Gasteiger partial charge in [0.05, 0.1) is 0 Å². The third-order valence-corrected chi connectivity index (χ3v) is 1.28. The van der Waals surface area contributed by atoms with E-state index < -0.39 is 5.24 Å². The summed E-state index contributed by atoms with van der Waals surface area (Å²) in [6, 6.07) is 0. The number of amides is 1. The topological polar surface area (TPSA) is 104 Å². The summed E-state index contributed by atoms with van der Waals surface area (Å²) in [5, 5.41) is 9.45. The number of primary amides is 1. The first-order chi connectivity index (χ1) is 5.45. The molecular formula is C6H16N3NaO2S2. The minimum atomic E-state index is -0.639. The molecule has 0 fully saturated rings. The van der Waals surface area contributed by atoms with Crippen LogP contribution in [0, 0.1) is 0 Å². The van der Waals surface area contributed by atoms with Crippen LogP contribution in [0.1, 0.15) is 13.8 Å². The Bertz CT molecular complexity index is 152. The number of nitrogens with two attached hydrogens (primary N) is 1. The van der Waals surface area contributed by atoms with Gasteiger partial charge < -0.3 is 21.9 Å². The molecule has 5 N–H and O–H groups in total. The number of hydrogen-bond acceptors (Lipinski definition) is 4. The third-order valence-electron chi connectivity index (χ3n) is 1.02. The molecule has 0 aliphatic carbocycles. The van der Waals surface area contributed by atoms with Crippen molar-refractivity contribution in [2.24, 2.45) is 5.73 Å². The minimum absolute atomic E-state index is 0. The van der Waals surface area contributed by atoms with Gasteiger partial charge in [-0.05, 0) is 13.8 Å². The molecule has 0 spiro atoms. The van der Waals surface area contributed by atoms with Gasteiger partial charge in [-0.1, -0.05) is 24.8 Å². The fraction of sp³-hybridized carbons (Fsp3) is 0.667. The Hall–Kier alpha value is 0.470. The summed E-state index contributed by atoms with van der Waals surface area (Å²) >= 11 is 7.49. The van der Waals surface area contributed by atoms with Crippen molar-refractivity contribution in [3.8, 4) is 0 Å². The molecule has 0 heterocycles. The Labute approximate surface area is 118 Å². The fourth-order valence-electron chi connectivity index (χ4n) is 0.482. The van der Waals surface area contributed by atoms with Crippen molar-refractivity contribution in [2.45, 2.75) is 13.8 Å². The molecule has 0 aromatic rings. The van der Waals surface area contributed by atoms with Crippen molar-refractivity contribution < 1.29 is 39.5 Å². The van der Waals surface area contributed by atoms with E-state index in [1.54, 1.807) is 4.90 Å². The molecule has 0 atom stereocenters. The number of thiocarbonyl (C=S) groups is 1. The number of carbonyl (C=O) groups is 1. The van der Waals surface area contributed by atoms with Crippen LogP contribution in [-0.4, -0.2) is 28.4 Å². The Morgan fingerprint density at radius 1 is 1.50 bits per heavy atom. The van der Waals surface area contributed by atoms with Crippen LogP contribution in [0.25, 0.3) is 0 Å². The van der Waals surface area contributed by atoms with Crippen molar-refractivity contribution in [2.75, 3.05) is 13.1 Å². The van der Waals surface area contributed by atoms with Gasteiger partial charge >= 0.3 is 29.6 Å². The van der Waals surface area contributed by atoms with Crippen molar-refractivity contribution >= 4 is 35.3 Å². The summed E-state index contributed by atoms with van der Waals surface area (Å²) in [6.45, 7) is 5.26. The Balaban J connectivity index is -0.0000000733. The predicted molar refractivity (Wildman–Crippen MR) is 59.1 cm³/mol. The molecule has 0 aromatic heterocycles. The first kappa shape index (κ1) is 24.0. The number of carbonyl (C=O) groups excluding carboxylic acids is 1. The van der Waals surface area contributed by atoms with Gasteiger partial charge in [0.1, 0.15) is 0 Å². The molecule has 0 bridgehead atoms. The van der Waals surface area contributed by atoms with Gasteiger partial charge in [0, 0.05) is 18.3 Å². The maximum absolute atomic E-state index is 10.3. The summed E-state index contributed by atoms with van der Waals surface area (Å²) in [5.41, 5.74) is 4.34. The Morgan fingerprint density at radius 2 is 1.71 bits per heavy atom. The normalized spacial score (nSPS) is 6.79. The van der Waals surface area contributed by atoms with Crippen LogP contribution in [0.15, 0.2) is 0 Å². The number of nitrogens with zero attached hydrogens (tertiary/aromatic N) is 1. The first-order valence-corrected chi connectivity index (χ1v) is 4.25. The smallest absolute Gasteiger partial charge is 0.852 e. The van der Waals surface area contributed by atoms with Crippen LogP contribution in [0.3, 0.4) is 0 Å². The quantitative estimate of drug-likeness (QED) is 0.277. The van der Waals surface area contributed by atoms with Crippen LogP contribution < -0.4 is 46.5 Å². The van der Waals surface area contributed by atoms with E-state index in [0.717, 1.165) is 13.1 Å². The molecule has 0 saturated heterocycles. The van der Waals surface area contributed by atoms with Crippen LogP contribution in [-0.2, 0) is 0 Å². The molecule has 0 aliphatic heterocycles. The molecule has 8 heteroatoms. The average molecular weight is 249 g/mol. The molecule has 14 heavy (non-hydrogen) atoms. The van der Waals surface area contributed by atoms with Crippen LogP contribution in [0.2, 0.25) is 0 Å². The second kappa shape index (κ2) is 15.9. The van der Waals surface area contributed by atoms with Crippen LogP contribution in [0.4, 0.5) is 4.79 Å². The molecule has 0 unspecified atom stereocenters. The van der Waals surface area contributed by atoms with E-state index in [1.807, 2.05) is 13.8 Å². The number of thiol groups is 1. The summed E-state index contributed by atoms with van der Waals surface area (Å²) < 4.78 is 0. The first-order valence-electron chi connectivity index (χ1n) is 3.39. The number of hydrogen-bond donors (Lipinski definition) is 3. The summed E-state index contributed by atoms with van der Waals surface area (Å²) in [4.78, 5) is 10.7. The predicted octanol–water partition coefficient (Wildman–Crippen LogP) is -2.87. The van der Waals surface area contributed by atoms with Crippen LogP contribution in [0.5, 0.6) is 0 Å².